The van der Waals surface area contributed by atoms with E-state index in [1.54, 1.807) is 0 Å². The van der Waals surface area contributed by atoms with Gasteiger partial charge in [-0.2, -0.15) is 0 Å². The number of carbonyl (C=O) groups excluding carboxylic acids is 1. The van der Waals surface area contributed by atoms with Crippen molar-refractivity contribution in [2.24, 2.45) is 0 Å². The molecule has 120 valence electrons. The topological polar surface area (TPSA) is 125 Å². The van der Waals surface area contributed by atoms with E-state index in [1.165, 1.54) is 36.5 Å². The molecule has 0 saturated heterocycles. The van der Waals surface area contributed by atoms with Gasteiger partial charge in [0.2, 0.25) is 15.6 Å². The third-order valence-corrected chi connectivity index (χ3v) is 4.87. The molecule has 0 fully saturated rings. The molecule has 0 aliphatic carbocycles. The molecule has 1 aromatic heterocycles. The van der Waals surface area contributed by atoms with Gasteiger partial charge >= 0.3 is 5.97 Å². The molecule has 9 heteroatoms. The van der Waals surface area contributed by atoms with Crippen molar-refractivity contribution in [1.29, 1.82) is 0 Å². The predicted octanol–water partition coefficient (Wildman–Crippen LogP) is 2.21. The van der Waals surface area contributed by atoms with Crippen LogP contribution in [0, 0.1) is 0 Å². The lowest BCUT2D eigenvalue weighted by Crippen LogP contribution is -2.09. The van der Waals surface area contributed by atoms with Crippen molar-refractivity contribution in [3.8, 4) is 0 Å². The summed E-state index contributed by atoms with van der Waals surface area (Å²) in [5.41, 5.74) is -0.284. The molecule has 7 nitrogen and oxygen atoms in total. The van der Waals surface area contributed by atoms with Gasteiger partial charge in [-0.05, 0) is 30.3 Å². The van der Waals surface area contributed by atoms with Crippen LogP contribution in [-0.2, 0) is 14.6 Å². The van der Waals surface area contributed by atoms with E-state index in [0.717, 1.165) is 0 Å². The summed E-state index contributed by atoms with van der Waals surface area (Å²) in [6.07, 6.45) is 1.66. The van der Waals surface area contributed by atoms with E-state index in [2.05, 4.69) is 4.98 Å². The second kappa shape index (κ2) is 6.27. The minimum absolute atomic E-state index is 0.0927. The zero-order chi connectivity index (χ0) is 17.2. The number of halogens is 1. The number of carbonyl (C=O) groups is 2. The number of ketones is 1. The lowest BCUT2D eigenvalue weighted by molar-refractivity contribution is -0.135. The highest BCUT2D eigenvalue weighted by Gasteiger charge is 2.25. The maximum atomic E-state index is 12.5. The summed E-state index contributed by atoms with van der Waals surface area (Å²) >= 11 is 5.71. The highest BCUT2D eigenvalue weighted by Crippen LogP contribution is 2.24. The van der Waals surface area contributed by atoms with E-state index in [9.17, 15) is 18.0 Å². The van der Waals surface area contributed by atoms with Gasteiger partial charge in [-0.1, -0.05) is 11.6 Å². The summed E-state index contributed by atoms with van der Waals surface area (Å²) in [5, 5.41) is 17.6. The highest BCUT2D eigenvalue weighted by molar-refractivity contribution is 7.91. The second-order valence-electron chi connectivity index (χ2n) is 4.38. The van der Waals surface area contributed by atoms with Crippen LogP contribution in [0.4, 0.5) is 0 Å². The van der Waals surface area contributed by atoms with Crippen LogP contribution in [0.2, 0.25) is 5.02 Å². The average Bonchev–Trinajstić information content (AvgIpc) is 2.97. The first-order valence-electron chi connectivity index (χ1n) is 6.10. The summed E-state index contributed by atoms with van der Waals surface area (Å²) in [7, 11) is -4.04. The third-order valence-electron chi connectivity index (χ3n) is 2.85. The maximum absolute atomic E-state index is 12.5. The Morgan fingerprint density at radius 3 is 2.26 bits per heavy atom. The minimum Gasteiger partial charge on any atom is -0.502 e. The Kier molecular flexibility index (Phi) is 4.57. The van der Waals surface area contributed by atoms with E-state index in [4.69, 9.17) is 21.8 Å². The molecule has 1 heterocycles. The van der Waals surface area contributed by atoms with Crippen molar-refractivity contribution in [1.82, 2.24) is 4.98 Å². The number of aliphatic hydroxyl groups is 1. The number of nitrogens with one attached hydrogen (secondary N) is 1. The summed E-state index contributed by atoms with van der Waals surface area (Å²) in [6.45, 7) is 0. The van der Waals surface area contributed by atoms with E-state index in [0.29, 0.717) is 11.1 Å². The van der Waals surface area contributed by atoms with E-state index in [-0.39, 0.29) is 10.5 Å². The fraction of sp³-hybridized carbons (Fsp3) is 0. The summed E-state index contributed by atoms with van der Waals surface area (Å²) in [6, 6.07) is 6.50. The fourth-order valence-corrected chi connectivity index (χ4v) is 3.30. The van der Waals surface area contributed by atoms with Crippen LogP contribution in [0.3, 0.4) is 0 Å². The Morgan fingerprint density at radius 2 is 1.70 bits per heavy atom. The van der Waals surface area contributed by atoms with Crippen molar-refractivity contribution < 1.29 is 28.2 Å². The molecule has 2 rings (SSSR count). The van der Waals surface area contributed by atoms with Gasteiger partial charge < -0.3 is 15.2 Å². The van der Waals surface area contributed by atoms with E-state index >= 15 is 0 Å². The molecular formula is C14H10ClNO6S. The number of carboxylic acid groups (broad SMARTS) is 1. The summed E-state index contributed by atoms with van der Waals surface area (Å²) in [4.78, 5) is 24.8. The predicted molar refractivity (Wildman–Crippen MR) is 80.4 cm³/mol. The third kappa shape index (κ3) is 3.43. The normalized spacial score (nSPS) is 12.1. The number of hydrogen-bond donors (Lipinski definition) is 3. The first kappa shape index (κ1) is 16.8. The largest absolute Gasteiger partial charge is 0.502 e. The standard InChI is InChI=1S/C14H10ClNO6S/c15-8-1-3-9(4-2-8)23(21,22)13-10(5-6-16-13)11(17)7-12(18)14(19)20/h1-7,16,18H,(H,19,20). The number of aromatic amines is 1. The van der Waals surface area contributed by atoms with Crippen molar-refractivity contribution in [2.75, 3.05) is 0 Å². The highest BCUT2D eigenvalue weighted by atomic mass is 35.5. The van der Waals surface area contributed by atoms with Gasteiger partial charge in [0, 0.05) is 17.3 Å². The molecule has 0 radical (unpaired) electrons. The number of aliphatic hydroxyl groups excluding tert-OH is 1. The van der Waals surface area contributed by atoms with Crippen LogP contribution in [0.15, 0.2) is 58.3 Å². The van der Waals surface area contributed by atoms with Gasteiger partial charge in [-0.25, -0.2) is 13.2 Å². The van der Waals surface area contributed by atoms with Gasteiger partial charge in [-0.3, -0.25) is 4.79 Å². The van der Waals surface area contributed by atoms with E-state index < -0.39 is 32.4 Å². The lowest BCUT2D eigenvalue weighted by Gasteiger charge is -2.05. The van der Waals surface area contributed by atoms with Crippen LogP contribution in [-0.4, -0.2) is 35.4 Å². The van der Waals surface area contributed by atoms with Gasteiger partial charge in [0.25, 0.3) is 0 Å². The number of aromatic nitrogens is 1. The Labute approximate surface area is 135 Å². The number of sulfone groups is 1. The lowest BCUT2D eigenvalue weighted by atomic mass is 10.2. The van der Waals surface area contributed by atoms with Crippen molar-refractivity contribution in [2.45, 2.75) is 9.92 Å². The number of H-pyrrole nitrogens is 1. The Hall–Kier alpha value is -2.58. The molecule has 0 atom stereocenters. The molecule has 23 heavy (non-hydrogen) atoms. The van der Waals surface area contributed by atoms with Crippen molar-refractivity contribution in [3.05, 3.63) is 58.9 Å². The number of hydrogen-bond acceptors (Lipinski definition) is 5. The number of rotatable bonds is 5. The van der Waals surface area contributed by atoms with Gasteiger partial charge in [0.15, 0.2) is 5.78 Å². The van der Waals surface area contributed by atoms with Crippen LogP contribution >= 0.6 is 11.6 Å². The second-order valence-corrected chi connectivity index (χ2v) is 6.70. The zero-order valence-electron chi connectivity index (χ0n) is 11.4. The van der Waals surface area contributed by atoms with Crippen LogP contribution < -0.4 is 0 Å². The van der Waals surface area contributed by atoms with Crippen molar-refractivity contribution in [3.63, 3.8) is 0 Å². The molecule has 1 aromatic carbocycles. The molecular weight excluding hydrogens is 346 g/mol. The molecule has 0 saturated carbocycles. The maximum Gasteiger partial charge on any atom is 0.371 e. The Bertz CT molecular complexity index is 896. The molecule has 0 bridgehead atoms. The fourth-order valence-electron chi connectivity index (χ4n) is 1.77. The molecule has 0 aliphatic heterocycles. The van der Waals surface area contributed by atoms with Gasteiger partial charge in [0.1, 0.15) is 5.03 Å². The van der Waals surface area contributed by atoms with Crippen molar-refractivity contribution >= 4 is 33.2 Å². The minimum atomic E-state index is -4.04. The van der Waals surface area contributed by atoms with Crippen LogP contribution in [0.5, 0.6) is 0 Å². The van der Waals surface area contributed by atoms with Crippen LogP contribution in [0.25, 0.3) is 0 Å². The molecule has 0 unspecified atom stereocenters. The Morgan fingerprint density at radius 1 is 1.09 bits per heavy atom. The smallest absolute Gasteiger partial charge is 0.371 e. The molecule has 0 spiro atoms. The molecule has 3 N–H and O–H groups in total. The van der Waals surface area contributed by atoms with E-state index in [1.807, 2.05) is 0 Å². The SMILES string of the molecule is O=C(O)C(O)=CC(=O)c1cc[nH]c1S(=O)(=O)c1ccc(Cl)cc1. The number of aliphatic carboxylic acids is 1. The first-order valence-corrected chi connectivity index (χ1v) is 7.96. The molecule has 0 aliphatic rings. The monoisotopic (exact) mass is 355 g/mol. The zero-order valence-corrected chi connectivity index (χ0v) is 12.9. The van der Waals surface area contributed by atoms with Gasteiger partial charge in [0.05, 0.1) is 10.5 Å². The number of benzene rings is 1. The molecule has 0 amide bonds. The average molecular weight is 356 g/mol. The summed E-state index contributed by atoms with van der Waals surface area (Å²) in [5.74, 6) is -3.85. The quantitative estimate of drug-likeness (QED) is 0.429. The van der Waals surface area contributed by atoms with Gasteiger partial charge in [-0.15, -0.1) is 0 Å². The first-order chi connectivity index (χ1) is 10.7. The van der Waals surface area contributed by atoms with Crippen LogP contribution in [0.1, 0.15) is 10.4 Å². The summed E-state index contributed by atoms with van der Waals surface area (Å²) < 4.78 is 25.1. The number of allylic oxidation sites excluding steroid dienone is 1. The molecule has 2 aromatic rings. The Balaban J connectivity index is 2.49. The number of carboxylic acids is 1.